The number of carbonyl (C=O) groups excluding carboxylic acids is 1. The first-order chi connectivity index (χ1) is 9.25. The maximum atomic E-state index is 11.4. The number of nitrogens with one attached hydrogen (secondary N) is 2. The Morgan fingerprint density at radius 2 is 2.32 bits per heavy atom. The van der Waals surface area contributed by atoms with E-state index in [9.17, 15) is 4.79 Å². The fourth-order valence-corrected chi connectivity index (χ4v) is 2.50. The largest absolute Gasteiger partial charge is 0.380 e. The lowest BCUT2D eigenvalue weighted by atomic mass is 10.1. The summed E-state index contributed by atoms with van der Waals surface area (Å²) in [7, 11) is 0. The minimum absolute atomic E-state index is 0.419. The molecule has 5 nitrogen and oxygen atoms in total. The van der Waals surface area contributed by atoms with Crippen molar-refractivity contribution in [3.05, 3.63) is 36.0 Å². The SMILES string of the molecule is NC(=O)c1ccc(NC2CCNC2)c2cccnc12. The van der Waals surface area contributed by atoms with Crippen LogP contribution in [-0.2, 0) is 0 Å². The molecule has 1 aromatic heterocycles. The zero-order valence-electron chi connectivity index (χ0n) is 10.5. The summed E-state index contributed by atoms with van der Waals surface area (Å²) in [5.74, 6) is -0.446. The van der Waals surface area contributed by atoms with E-state index >= 15 is 0 Å². The van der Waals surface area contributed by atoms with Crippen molar-refractivity contribution in [2.24, 2.45) is 5.73 Å². The molecule has 1 aromatic carbocycles. The van der Waals surface area contributed by atoms with Crippen LogP contribution in [0.4, 0.5) is 5.69 Å². The van der Waals surface area contributed by atoms with E-state index in [1.165, 1.54) is 0 Å². The molecule has 1 unspecified atom stereocenters. The molecule has 1 aliphatic rings. The van der Waals surface area contributed by atoms with Crippen LogP contribution >= 0.6 is 0 Å². The third kappa shape index (κ3) is 2.24. The van der Waals surface area contributed by atoms with Crippen LogP contribution < -0.4 is 16.4 Å². The van der Waals surface area contributed by atoms with E-state index < -0.39 is 5.91 Å². The number of fused-ring (bicyclic) bond motifs is 1. The number of pyridine rings is 1. The average molecular weight is 256 g/mol. The molecule has 2 aromatic rings. The van der Waals surface area contributed by atoms with Gasteiger partial charge in [0.25, 0.3) is 5.91 Å². The summed E-state index contributed by atoms with van der Waals surface area (Å²) in [6.07, 6.45) is 2.77. The number of nitrogens with two attached hydrogens (primary N) is 1. The van der Waals surface area contributed by atoms with Crippen molar-refractivity contribution in [1.29, 1.82) is 0 Å². The molecule has 0 radical (unpaired) electrons. The van der Waals surface area contributed by atoms with Gasteiger partial charge in [0, 0.05) is 29.9 Å². The highest BCUT2D eigenvalue weighted by Gasteiger charge is 2.16. The van der Waals surface area contributed by atoms with Crippen LogP contribution in [0.25, 0.3) is 10.9 Å². The molecule has 1 fully saturated rings. The molecule has 0 spiro atoms. The van der Waals surface area contributed by atoms with Crippen molar-refractivity contribution >= 4 is 22.5 Å². The lowest BCUT2D eigenvalue weighted by molar-refractivity contribution is 0.100. The molecule has 19 heavy (non-hydrogen) atoms. The standard InChI is InChI=1S/C14H16N4O/c15-14(19)11-3-4-12(18-9-5-7-16-8-9)10-2-1-6-17-13(10)11/h1-4,6,9,16,18H,5,7-8H2,(H2,15,19). The first-order valence-electron chi connectivity index (χ1n) is 6.40. The van der Waals surface area contributed by atoms with Crippen LogP contribution in [0.5, 0.6) is 0 Å². The molecule has 0 saturated carbocycles. The zero-order chi connectivity index (χ0) is 13.2. The minimum Gasteiger partial charge on any atom is -0.380 e. The summed E-state index contributed by atoms with van der Waals surface area (Å²) in [6, 6.07) is 7.89. The topological polar surface area (TPSA) is 80.0 Å². The van der Waals surface area contributed by atoms with Crippen molar-refractivity contribution in [2.45, 2.75) is 12.5 Å². The van der Waals surface area contributed by atoms with Gasteiger partial charge in [-0.25, -0.2) is 0 Å². The number of benzene rings is 1. The minimum atomic E-state index is -0.446. The molecular formula is C14H16N4O. The number of rotatable bonds is 3. The second kappa shape index (κ2) is 4.85. The molecule has 0 bridgehead atoms. The zero-order valence-corrected chi connectivity index (χ0v) is 10.5. The number of anilines is 1. The summed E-state index contributed by atoms with van der Waals surface area (Å²) in [5, 5.41) is 7.75. The van der Waals surface area contributed by atoms with Crippen molar-refractivity contribution in [1.82, 2.24) is 10.3 Å². The number of aromatic nitrogens is 1. The maximum absolute atomic E-state index is 11.4. The van der Waals surface area contributed by atoms with Gasteiger partial charge < -0.3 is 16.4 Å². The van der Waals surface area contributed by atoms with E-state index in [0.717, 1.165) is 30.6 Å². The first-order valence-corrected chi connectivity index (χ1v) is 6.40. The Morgan fingerprint density at radius 3 is 3.05 bits per heavy atom. The van der Waals surface area contributed by atoms with Gasteiger partial charge in [-0.3, -0.25) is 9.78 Å². The second-order valence-electron chi connectivity index (χ2n) is 4.76. The van der Waals surface area contributed by atoms with Gasteiger partial charge in [0.05, 0.1) is 11.1 Å². The lowest BCUT2D eigenvalue weighted by Gasteiger charge is -2.15. The summed E-state index contributed by atoms with van der Waals surface area (Å²) in [5.41, 5.74) is 7.51. The predicted octanol–water partition coefficient (Wildman–Crippen LogP) is 1.11. The van der Waals surface area contributed by atoms with Gasteiger partial charge in [-0.05, 0) is 37.2 Å². The summed E-state index contributed by atoms with van der Waals surface area (Å²) >= 11 is 0. The summed E-state index contributed by atoms with van der Waals surface area (Å²) in [6.45, 7) is 1.99. The molecule has 2 heterocycles. The van der Waals surface area contributed by atoms with E-state index in [1.807, 2.05) is 18.2 Å². The van der Waals surface area contributed by atoms with Crippen LogP contribution in [0.2, 0.25) is 0 Å². The number of nitrogens with zero attached hydrogens (tertiary/aromatic N) is 1. The Morgan fingerprint density at radius 1 is 1.42 bits per heavy atom. The molecule has 1 aliphatic heterocycles. The van der Waals surface area contributed by atoms with Crippen LogP contribution in [0, 0.1) is 0 Å². The molecular weight excluding hydrogens is 240 g/mol. The Kier molecular flexibility index (Phi) is 3.05. The van der Waals surface area contributed by atoms with E-state index in [1.54, 1.807) is 12.3 Å². The molecule has 1 saturated heterocycles. The van der Waals surface area contributed by atoms with Gasteiger partial charge in [-0.1, -0.05) is 0 Å². The van der Waals surface area contributed by atoms with Gasteiger partial charge in [-0.15, -0.1) is 0 Å². The van der Waals surface area contributed by atoms with Crippen LogP contribution in [-0.4, -0.2) is 30.0 Å². The summed E-state index contributed by atoms with van der Waals surface area (Å²) < 4.78 is 0. The number of amides is 1. The average Bonchev–Trinajstić information content (AvgIpc) is 2.91. The van der Waals surface area contributed by atoms with E-state index in [0.29, 0.717) is 17.1 Å². The summed E-state index contributed by atoms with van der Waals surface area (Å²) in [4.78, 5) is 15.7. The van der Waals surface area contributed by atoms with Crippen molar-refractivity contribution < 1.29 is 4.79 Å². The predicted molar refractivity (Wildman–Crippen MR) is 75.2 cm³/mol. The Bertz CT molecular complexity index is 620. The molecule has 4 N–H and O–H groups in total. The van der Waals surface area contributed by atoms with E-state index in [2.05, 4.69) is 15.6 Å². The fourth-order valence-electron chi connectivity index (χ4n) is 2.50. The van der Waals surface area contributed by atoms with Crippen LogP contribution in [0.15, 0.2) is 30.5 Å². The Hall–Kier alpha value is -2.14. The molecule has 5 heteroatoms. The van der Waals surface area contributed by atoms with E-state index in [-0.39, 0.29) is 0 Å². The van der Waals surface area contributed by atoms with Crippen LogP contribution in [0.1, 0.15) is 16.8 Å². The van der Waals surface area contributed by atoms with Crippen molar-refractivity contribution in [3.63, 3.8) is 0 Å². The molecule has 0 aliphatic carbocycles. The Balaban J connectivity index is 2.05. The third-order valence-corrected chi connectivity index (χ3v) is 3.46. The molecule has 1 amide bonds. The third-order valence-electron chi connectivity index (χ3n) is 3.46. The fraction of sp³-hybridized carbons (Fsp3) is 0.286. The monoisotopic (exact) mass is 256 g/mol. The highest BCUT2D eigenvalue weighted by Crippen LogP contribution is 2.26. The smallest absolute Gasteiger partial charge is 0.250 e. The molecule has 1 atom stereocenters. The van der Waals surface area contributed by atoms with Crippen molar-refractivity contribution in [2.75, 3.05) is 18.4 Å². The van der Waals surface area contributed by atoms with Gasteiger partial charge in [0.2, 0.25) is 0 Å². The van der Waals surface area contributed by atoms with Crippen molar-refractivity contribution in [3.8, 4) is 0 Å². The van der Waals surface area contributed by atoms with Gasteiger partial charge in [0.1, 0.15) is 0 Å². The first kappa shape index (κ1) is 11.9. The second-order valence-corrected chi connectivity index (χ2v) is 4.76. The van der Waals surface area contributed by atoms with Gasteiger partial charge in [0.15, 0.2) is 0 Å². The Labute approximate surface area is 111 Å². The van der Waals surface area contributed by atoms with Crippen LogP contribution in [0.3, 0.4) is 0 Å². The highest BCUT2D eigenvalue weighted by molar-refractivity contribution is 6.08. The maximum Gasteiger partial charge on any atom is 0.250 e. The number of hydrogen-bond acceptors (Lipinski definition) is 4. The number of carbonyl (C=O) groups is 1. The molecule has 98 valence electrons. The van der Waals surface area contributed by atoms with E-state index in [4.69, 9.17) is 5.73 Å². The normalized spacial score (nSPS) is 18.6. The highest BCUT2D eigenvalue weighted by atomic mass is 16.1. The lowest BCUT2D eigenvalue weighted by Crippen LogP contribution is -2.22. The number of primary amides is 1. The number of hydrogen-bond donors (Lipinski definition) is 3. The van der Waals surface area contributed by atoms with Gasteiger partial charge >= 0.3 is 0 Å². The van der Waals surface area contributed by atoms with Gasteiger partial charge in [-0.2, -0.15) is 0 Å². The molecule has 3 rings (SSSR count). The quantitative estimate of drug-likeness (QED) is 0.768.